The van der Waals surface area contributed by atoms with Gasteiger partial charge in [0.25, 0.3) is 0 Å². The molecule has 64 heavy (non-hydrogen) atoms. The predicted octanol–water partition coefficient (Wildman–Crippen LogP) is 14.7. The van der Waals surface area contributed by atoms with Crippen LogP contribution in [0.3, 0.4) is 0 Å². The third-order valence-corrected chi connectivity index (χ3v) is 12.4. The number of nitrogens with zero attached hydrogens (tertiary/aromatic N) is 6. The minimum absolute atomic E-state index is 0.525. The molecule has 0 N–H and O–H groups in total. The summed E-state index contributed by atoms with van der Waals surface area (Å²) in [5.74, 6) is 1.69. The molecule has 0 saturated heterocycles. The van der Waals surface area contributed by atoms with E-state index in [1.54, 1.807) is 0 Å². The van der Waals surface area contributed by atoms with E-state index in [4.69, 9.17) is 15.0 Å². The molecule has 0 bridgehead atoms. The van der Waals surface area contributed by atoms with E-state index in [0.29, 0.717) is 17.6 Å². The first-order chi connectivity index (χ1) is 31.7. The van der Waals surface area contributed by atoms with Crippen LogP contribution < -0.4 is 0 Å². The van der Waals surface area contributed by atoms with Gasteiger partial charge in [0.1, 0.15) is 0 Å². The fraction of sp³-hybridized carbons (Fsp3) is 0.0172. The van der Waals surface area contributed by atoms with Crippen LogP contribution in [0.25, 0.3) is 118 Å². The summed E-state index contributed by atoms with van der Waals surface area (Å²) < 4.78 is 6.94. The molecule has 0 fully saturated rings. The molecular weight excluding hydrogens is 781 g/mol. The van der Waals surface area contributed by atoms with Crippen LogP contribution in [0.1, 0.15) is 18.2 Å². The second kappa shape index (κ2) is 15.1. The summed E-state index contributed by atoms with van der Waals surface area (Å²) in [4.78, 5) is 15.7. The summed E-state index contributed by atoms with van der Waals surface area (Å²) in [6.07, 6.45) is 6.08. The minimum atomic E-state index is 0.525. The van der Waals surface area contributed by atoms with Gasteiger partial charge >= 0.3 is 0 Å². The van der Waals surface area contributed by atoms with E-state index in [2.05, 4.69) is 220 Å². The fourth-order valence-electron chi connectivity index (χ4n) is 9.58. The third kappa shape index (κ3) is 5.84. The van der Waals surface area contributed by atoms with E-state index in [0.717, 1.165) is 66.8 Å². The molecule has 6 nitrogen and oxygen atoms in total. The van der Waals surface area contributed by atoms with Crippen molar-refractivity contribution in [2.75, 3.05) is 0 Å². The van der Waals surface area contributed by atoms with Gasteiger partial charge in [0.15, 0.2) is 11.6 Å². The van der Waals surface area contributed by atoms with Crippen LogP contribution in [0.15, 0.2) is 207 Å². The Morgan fingerprint density at radius 1 is 0.391 bits per heavy atom. The highest BCUT2D eigenvalue weighted by molar-refractivity contribution is 6.23. The van der Waals surface area contributed by atoms with Crippen LogP contribution in [0.4, 0.5) is 0 Å². The second-order valence-corrected chi connectivity index (χ2v) is 16.0. The third-order valence-electron chi connectivity index (χ3n) is 12.4. The largest absolute Gasteiger partial charge is 0.307 e. The van der Waals surface area contributed by atoms with Crippen molar-refractivity contribution in [3.63, 3.8) is 0 Å². The molecule has 0 saturated carbocycles. The zero-order valence-electron chi connectivity index (χ0n) is 35.1. The van der Waals surface area contributed by atoms with Crippen LogP contribution in [0.5, 0.6) is 0 Å². The van der Waals surface area contributed by atoms with Gasteiger partial charge in [-0.15, -0.1) is 0 Å². The van der Waals surface area contributed by atoms with Gasteiger partial charge in [-0.05, 0) is 78.7 Å². The van der Waals surface area contributed by atoms with Gasteiger partial charge < -0.3 is 9.13 Å². The zero-order chi connectivity index (χ0) is 42.7. The number of fused-ring (bicyclic) bond motifs is 8. The number of allylic oxidation sites excluding steroid dienone is 1. The molecule has 4 heterocycles. The SMILES string of the molecule is C=Cc1c(/C=C\C)c2ccccc2n1-c1nc(-c2ccc(-c3ccccc3)cc2)nc(-c2ccc(-n3c4ccccc4c4ccc5c6ccccc6n(-c6ccccc6)c5c43)cc2)n1. The first-order valence-electron chi connectivity index (χ1n) is 21.6. The van der Waals surface area contributed by atoms with Gasteiger partial charge in [0, 0.05) is 55.0 Å². The summed E-state index contributed by atoms with van der Waals surface area (Å²) in [6, 6.07) is 68.6. The highest BCUT2D eigenvalue weighted by Gasteiger charge is 2.23. The van der Waals surface area contributed by atoms with Crippen LogP contribution in [0.2, 0.25) is 0 Å². The van der Waals surface area contributed by atoms with E-state index in [1.165, 1.54) is 32.6 Å². The summed E-state index contributed by atoms with van der Waals surface area (Å²) in [5.41, 5.74) is 13.8. The number of para-hydroxylation sites is 4. The van der Waals surface area contributed by atoms with Crippen molar-refractivity contribution in [3.05, 3.63) is 218 Å². The number of hydrogen-bond donors (Lipinski definition) is 0. The van der Waals surface area contributed by atoms with E-state index in [9.17, 15) is 0 Å². The molecule has 0 aliphatic heterocycles. The highest BCUT2D eigenvalue weighted by atomic mass is 15.2. The Balaban J connectivity index is 1.07. The molecule has 0 atom stereocenters. The quantitative estimate of drug-likeness (QED) is 0.153. The highest BCUT2D eigenvalue weighted by Crippen LogP contribution is 2.42. The number of hydrogen-bond acceptors (Lipinski definition) is 3. The molecule has 0 radical (unpaired) electrons. The van der Waals surface area contributed by atoms with Gasteiger partial charge in [0.2, 0.25) is 5.95 Å². The Bertz CT molecular complexity index is 3780. The lowest BCUT2D eigenvalue weighted by Gasteiger charge is -2.14. The van der Waals surface area contributed by atoms with Gasteiger partial charge in [-0.3, -0.25) is 4.57 Å². The topological polar surface area (TPSA) is 53.5 Å². The van der Waals surface area contributed by atoms with Crippen LogP contribution in [-0.2, 0) is 0 Å². The number of aromatic nitrogens is 6. The molecule has 0 aliphatic carbocycles. The molecule has 8 aromatic carbocycles. The van der Waals surface area contributed by atoms with E-state index < -0.39 is 0 Å². The van der Waals surface area contributed by atoms with Crippen molar-refractivity contribution in [2.45, 2.75) is 6.92 Å². The molecule has 12 rings (SSSR count). The molecule has 0 aliphatic rings. The zero-order valence-corrected chi connectivity index (χ0v) is 35.1. The maximum atomic E-state index is 5.26. The minimum Gasteiger partial charge on any atom is -0.307 e. The summed E-state index contributed by atoms with van der Waals surface area (Å²) in [6.45, 7) is 6.29. The summed E-state index contributed by atoms with van der Waals surface area (Å²) >= 11 is 0. The van der Waals surface area contributed by atoms with E-state index in [1.807, 2.05) is 19.1 Å². The van der Waals surface area contributed by atoms with Crippen molar-refractivity contribution < 1.29 is 0 Å². The molecule has 12 aromatic rings. The lowest BCUT2D eigenvalue weighted by atomic mass is 10.0. The molecule has 302 valence electrons. The Hall–Kier alpha value is -8.61. The molecule has 6 heteroatoms. The van der Waals surface area contributed by atoms with Crippen LogP contribution in [0, 0.1) is 0 Å². The van der Waals surface area contributed by atoms with Crippen LogP contribution in [-0.4, -0.2) is 28.7 Å². The molecule has 0 unspecified atom stereocenters. The monoisotopic (exact) mass is 820 g/mol. The average molecular weight is 821 g/mol. The van der Waals surface area contributed by atoms with Gasteiger partial charge in [-0.25, -0.2) is 4.98 Å². The lowest BCUT2D eigenvalue weighted by Crippen LogP contribution is -2.08. The van der Waals surface area contributed by atoms with Crippen molar-refractivity contribution in [1.29, 1.82) is 0 Å². The molecule has 4 aromatic heterocycles. The van der Waals surface area contributed by atoms with Crippen LogP contribution >= 0.6 is 0 Å². The van der Waals surface area contributed by atoms with Gasteiger partial charge in [-0.2, -0.15) is 9.97 Å². The van der Waals surface area contributed by atoms with E-state index >= 15 is 0 Å². The molecule has 0 amide bonds. The second-order valence-electron chi connectivity index (χ2n) is 16.0. The lowest BCUT2D eigenvalue weighted by molar-refractivity contribution is 0.926. The Labute approximate surface area is 370 Å². The maximum absolute atomic E-state index is 5.26. The normalized spacial score (nSPS) is 11.8. The molecular formula is C58H40N6. The first-order valence-corrected chi connectivity index (χ1v) is 21.6. The Morgan fingerprint density at radius 2 is 0.828 bits per heavy atom. The number of rotatable bonds is 8. The fourth-order valence-corrected chi connectivity index (χ4v) is 9.58. The van der Waals surface area contributed by atoms with Crippen molar-refractivity contribution in [1.82, 2.24) is 28.7 Å². The first kappa shape index (κ1) is 37.2. The predicted molar refractivity (Wildman–Crippen MR) is 266 cm³/mol. The van der Waals surface area contributed by atoms with Crippen molar-refractivity contribution in [2.24, 2.45) is 0 Å². The summed E-state index contributed by atoms with van der Waals surface area (Å²) in [5, 5.41) is 5.93. The smallest absolute Gasteiger partial charge is 0.238 e. The molecule has 0 spiro atoms. The maximum Gasteiger partial charge on any atom is 0.238 e. The Kier molecular flexibility index (Phi) is 8.76. The number of benzene rings is 8. The van der Waals surface area contributed by atoms with Crippen molar-refractivity contribution >= 4 is 66.7 Å². The van der Waals surface area contributed by atoms with Gasteiger partial charge in [0.05, 0.1) is 33.3 Å². The van der Waals surface area contributed by atoms with Gasteiger partial charge in [-0.1, -0.05) is 158 Å². The van der Waals surface area contributed by atoms with Crippen molar-refractivity contribution in [3.8, 4) is 51.2 Å². The standard InChI is InChI=1S/C58H40N6/c1-3-17-44-45-22-11-16-27-53(45)64(50(44)4-2)58-60-56(40-30-28-39(29-31-40)38-18-7-5-8-19-38)59-57(61-58)41-32-34-43(35-33-41)63-52-26-15-13-24-47(52)49-37-36-48-46-23-12-14-25-51(46)62(54(48)55(49)63)42-20-9-6-10-21-42/h3-37H,2H2,1H3/b17-3-. The Morgan fingerprint density at radius 3 is 1.38 bits per heavy atom. The average Bonchev–Trinajstić information content (AvgIpc) is 4.00. The summed E-state index contributed by atoms with van der Waals surface area (Å²) in [7, 11) is 0. The van der Waals surface area contributed by atoms with E-state index in [-0.39, 0.29) is 0 Å².